The molecule has 1 aliphatic carbocycles. The molecule has 168 valence electrons. The molecule has 1 saturated heterocycles. The van der Waals surface area contributed by atoms with E-state index in [1.54, 1.807) is 28.8 Å². The Labute approximate surface area is 199 Å². The monoisotopic (exact) mass is 479 g/mol. The Morgan fingerprint density at radius 3 is 2.82 bits per heavy atom. The number of rotatable bonds is 6. The van der Waals surface area contributed by atoms with Gasteiger partial charge in [-0.2, -0.15) is 0 Å². The lowest BCUT2D eigenvalue weighted by Gasteiger charge is -2.24. The van der Waals surface area contributed by atoms with E-state index in [9.17, 15) is 9.18 Å². The number of carbonyl (C=O) groups is 1. The summed E-state index contributed by atoms with van der Waals surface area (Å²) in [6.45, 7) is 0.624. The summed E-state index contributed by atoms with van der Waals surface area (Å²) in [4.78, 5) is 18.2. The summed E-state index contributed by atoms with van der Waals surface area (Å²) in [7, 11) is 0. The van der Waals surface area contributed by atoms with E-state index in [1.165, 1.54) is 17.8 Å². The van der Waals surface area contributed by atoms with Gasteiger partial charge in [-0.1, -0.05) is 48.2 Å². The van der Waals surface area contributed by atoms with Gasteiger partial charge < -0.3 is 9.88 Å². The third-order valence-electron chi connectivity index (χ3n) is 6.11. The maximum Gasteiger partial charge on any atom is 0.234 e. The van der Waals surface area contributed by atoms with Gasteiger partial charge in [0.25, 0.3) is 0 Å². The molecule has 1 amide bonds. The van der Waals surface area contributed by atoms with E-state index in [0.717, 1.165) is 46.0 Å². The average molecular weight is 480 g/mol. The van der Waals surface area contributed by atoms with Crippen molar-refractivity contribution in [1.29, 1.82) is 0 Å². The van der Waals surface area contributed by atoms with Crippen molar-refractivity contribution in [1.82, 2.24) is 24.6 Å². The standard InChI is InChI=1S/C24H22FN5OS2/c25-19-7-3-1-6-17(19)23-29(11-12-32-23)21(31)14-33-24-28-27-22(30(24)15-9-10-15)18-13-26-20-8-4-2-5-16(18)20/h1-8,13,15,23,26H,9-12,14H2/t23-/m0/s1. The summed E-state index contributed by atoms with van der Waals surface area (Å²) >= 11 is 3.03. The summed E-state index contributed by atoms with van der Waals surface area (Å²) < 4.78 is 16.5. The van der Waals surface area contributed by atoms with Crippen molar-refractivity contribution in [3.63, 3.8) is 0 Å². The Bertz CT molecular complexity index is 1330. The van der Waals surface area contributed by atoms with Crippen molar-refractivity contribution in [3.05, 3.63) is 66.1 Å². The highest BCUT2D eigenvalue weighted by molar-refractivity contribution is 8.00. The quantitative estimate of drug-likeness (QED) is 0.382. The zero-order valence-corrected chi connectivity index (χ0v) is 19.4. The van der Waals surface area contributed by atoms with Gasteiger partial charge in [0.1, 0.15) is 11.2 Å². The second-order valence-corrected chi connectivity index (χ2v) is 10.4. The predicted molar refractivity (Wildman–Crippen MR) is 130 cm³/mol. The summed E-state index contributed by atoms with van der Waals surface area (Å²) in [5, 5.41) is 10.6. The number of benzene rings is 2. The molecule has 2 aromatic carbocycles. The van der Waals surface area contributed by atoms with Gasteiger partial charge >= 0.3 is 0 Å². The topological polar surface area (TPSA) is 66.8 Å². The fourth-order valence-electron chi connectivity index (χ4n) is 4.35. The van der Waals surface area contributed by atoms with Crippen LogP contribution in [0.25, 0.3) is 22.3 Å². The molecule has 0 bridgehead atoms. The third kappa shape index (κ3) is 3.83. The minimum atomic E-state index is -0.276. The van der Waals surface area contributed by atoms with Gasteiger partial charge in [0, 0.05) is 46.6 Å². The van der Waals surface area contributed by atoms with E-state index in [2.05, 4.69) is 25.8 Å². The molecule has 1 aliphatic heterocycles. The second-order valence-electron chi connectivity index (χ2n) is 8.28. The summed E-state index contributed by atoms with van der Waals surface area (Å²) in [6, 6.07) is 15.2. The lowest BCUT2D eigenvalue weighted by Crippen LogP contribution is -2.32. The molecule has 2 fully saturated rings. The minimum Gasteiger partial charge on any atom is -0.360 e. The summed E-state index contributed by atoms with van der Waals surface area (Å²) in [5.41, 5.74) is 2.66. The van der Waals surface area contributed by atoms with Crippen molar-refractivity contribution in [2.45, 2.75) is 29.4 Å². The highest BCUT2D eigenvalue weighted by Gasteiger charge is 2.34. The lowest BCUT2D eigenvalue weighted by atomic mass is 10.1. The van der Waals surface area contributed by atoms with E-state index in [4.69, 9.17) is 0 Å². The molecule has 2 aliphatic rings. The third-order valence-corrected chi connectivity index (χ3v) is 8.28. The van der Waals surface area contributed by atoms with E-state index in [0.29, 0.717) is 18.2 Å². The van der Waals surface area contributed by atoms with Crippen molar-refractivity contribution in [2.24, 2.45) is 0 Å². The number of nitrogens with one attached hydrogen (secondary N) is 1. The first-order valence-electron chi connectivity index (χ1n) is 11.0. The first-order valence-corrected chi connectivity index (χ1v) is 13.0. The Morgan fingerprint density at radius 1 is 1.15 bits per heavy atom. The predicted octanol–water partition coefficient (Wildman–Crippen LogP) is 5.27. The van der Waals surface area contributed by atoms with Gasteiger partial charge in [-0.25, -0.2) is 4.39 Å². The van der Waals surface area contributed by atoms with Crippen LogP contribution in [0.4, 0.5) is 4.39 Å². The SMILES string of the molecule is O=C(CSc1nnc(-c2c[nH]c3ccccc23)n1C1CC1)N1CCS[C@H]1c1ccccc1F. The molecule has 1 N–H and O–H groups in total. The number of thioether (sulfide) groups is 2. The highest BCUT2D eigenvalue weighted by Crippen LogP contribution is 2.43. The van der Waals surface area contributed by atoms with Crippen LogP contribution in [0.5, 0.6) is 0 Å². The molecular weight excluding hydrogens is 457 g/mol. The number of nitrogens with zero attached hydrogens (tertiary/aromatic N) is 4. The molecule has 3 heterocycles. The molecule has 0 spiro atoms. The van der Waals surface area contributed by atoms with Crippen molar-refractivity contribution >= 4 is 40.3 Å². The molecule has 0 radical (unpaired) electrons. The van der Waals surface area contributed by atoms with Crippen molar-refractivity contribution in [2.75, 3.05) is 18.1 Å². The van der Waals surface area contributed by atoms with Crippen LogP contribution in [-0.2, 0) is 4.79 Å². The van der Waals surface area contributed by atoms with E-state index < -0.39 is 0 Å². The zero-order chi connectivity index (χ0) is 22.4. The minimum absolute atomic E-state index is 0.00255. The first kappa shape index (κ1) is 20.8. The first-order chi connectivity index (χ1) is 16.2. The maximum absolute atomic E-state index is 14.3. The van der Waals surface area contributed by atoms with Crippen LogP contribution in [0, 0.1) is 5.82 Å². The number of hydrogen-bond acceptors (Lipinski definition) is 5. The Morgan fingerprint density at radius 2 is 1.97 bits per heavy atom. The lowest BCUT2D eigenvalue weighted by molar-refractivity contribution is -0.128. The molecule has 1 saturated carbocycles. The van der Waals surface area contributed by atoms with Crippen LogP contribution in [0.15, 0.2) is 59.9 Å². The number of carbonyl (C=O) groups excluding carboxylic acids is 1. The number of fused-ring (bicyclic) bond motifs is 1. The van der Waals surface area contributed by atoms with Gasteiger partial charge in [-0.05, 0) is 25.0 Å². The maximum atomic E-state index is 14.3. The van der Waals surface area contributed by atoms with Crippen LogP contribution < -0.4 is 0 Å². The van der Waals surface area contributed by atoms with Gasteiger partial charge in [0.05, 0.1) is 5.75 Å². The van der Waals surface area contributed by atoms with E-state index >= 15 is 0 Å². The van der Waals surface area contributed by atoms with Crippen LogP contribution in [0.2, 0.25) is 0 Å². The molecule has 6 rings (SSSR count). The van der Waals surface area contributed by atoms with Gasteiger partial charge in [0.15, 0.2) is 11.0 Å². The Balaban J connectivity index is 1.23. The largest absolute Gasteiger partial charge is 0.360 e. The number of hydrogen-bond donors (Lipinski definition) is 1. The highest BCUT2D eigenvalue weighted by atomic mass is 32.2. The van der Waals surface area contributed by atoms with Crippen LogP contribution in [0.3, 0.4) is 0 Å². The summed E-state index contributed by atoms with van der Waals surface area (Å²) in [5.74, 6) is 1.63. The second kappa shape index (κ2) is 8.53. The van der Waals surface area contributed by atoms with E-state index in [1.807, 2.05) is 30.5 Å². The Kier molecular flexibility index (Phi) is 5.38. The van der Waals surface area contributed by atoms with Crippen molar-refractivity contribution in [3.8, 4) is 11.4 Å². The van der Waals surface area contributed by atoms with Crippen molar-refractivity contribution < 1.29 is 9.18 Å². The molecule has 1 atom stereocenters. The number of amides is 1. The van der Waals surface area contributed by atoms with Crippen LogP contribution in [0.1, 0.15) is 29.8 Å². The molecule has 9 heteroatoms. The number of para-hydroxylation sites is 1. The van der Waals surface area contributed by atoms with Crippen LogP contribution >= 0.6 is 23.5 Å². The normalized spacial score (nSPS) is 18.3. The van der Waals surface area contributed by atoms with Gasteiger partial charge in [-0.15, -0.1) is 22.0 Å². The molecular formula is C24H22FN5OS2. The Hall–Kier alpha value is -2.78. The molecule has 6 nitrogen and oxygen atoms in total. The molecule has 33 heavy (non-hydrogen) atoms. The fourth-order valence-corrected chi connectivity index (χ4v) is 6.54. The number of H-pyrrole nitrogens is 1. The van der Waals surface area contributed by atoms with Crippen LogP contribution in [-0.4, -0.2) is 48.6 Å². The van der Waals surface area contributed by atoms with Gasteiger partial charge in [-0.3, -0.25) is 9.36 Å². The fraction of sp³-hybridized carbons (Fsp3) is 0.292. The molecule has 2 aromatic heterocycles. The molecule has 4 aromatic rings. The number of halogens is 1. The average Bonchev–Trinajstić information content (AvgIpc) is 3.23. The van der Waals surface area contributed by atoms with E-state index in [-0.39, 0.29) is 22.9 Å². The summed E-state index contributed by atoms with van der Waals surface area (Å²) in [6.07, 6.45) is 4.16. The zero-order valence-electron chi connectivity index (χ0n) is 17.8. The number of aromatic amines is 1. The molecule has 0 unspecified atom stereocenters. The number of aromatic nitrogens is 4. The van der Waals surface area contributed by atoms with Gasteiger partial charge in [0.2, 0.25) is 5.91 Å². The smallest absolute Gasteiger partial charge is 0.234 e.